The first-order chi connectivity index (χ1) is 37.6. The maximum atomic E-state index is 6.32. The summed E-state index contributed by atoms with van der Waals surface area (Å²) in [6, 6.07) is 76.6. The molecule has 6 aromatic heterocycles. The number of para-hydroxylation sites is 6. The highest BCUT2D eigenvalue weighted by atomic mass is 16.3. The lowest BCUT2D eigenvalue weighted by Gasteiger charge is -2.09. The summed E-state index contributed by atoms with van der Waals surface area (Å²) in [7, 11) is 0. The number of fused-ring (bicyclic) bond motifs is 12. The molecule has 0 atom stereocenters. The van der Waals surface area contributed by atoms with E-state index in [4.69, 9.17) is 47.6 Å². The summed E-state index contributed by atoms with van der Waals surface area (Å²) in [6.07, 6.45) is 0. The highest BCUT2D eigenvalue weighted by Crippen LogP contribution is 2.39. The molecule has 0 aliphatic rings. The molecule has 0 saturated heterocycles. The summed E-state index contributed by atoms with van der Waals surface area (Å²) >= 11 is 0. The van der Waals surface area contributed by atoms with Gasteiger partial charge in [-0.15, -0.1) is 0 Å². The van der Waals surface area contributed by atoms with Gasteiger partial charge in [0.25, 0.3) is 0 Å². The Bertz CT molecular complexity index is 4640. The number of hydrogen-bond acceptors (Lipinski definition) is 10. The van der Waals surface area contributed by atoms with E-state index in [-0.39, 0.29) is 0 Å². The smallest absolute Gasteiger partial charge is 0.167 e. The van der Waals surface area contributed by atoms with Gasteiger partial charge < -0.3 is 17.7 Å². The minimum atomic E-state index is 0.548. The second kappa shape index (κ2) is 17.6. The molecule has 0 aliphatic heterocycles. The van der Waals surface area contributed by atoms with E-state index in [0.29, 0.717) is 34.9 Å². The van der Waals surface area contributed by atoms with E-state index >= 15 is 0 Å². The molecule has 76 heavy (non-hydrogen) atoms. The van der Waals surface area contributed by atoms with Crippen LogP contribution in [0.4, 0.5) is 0 Å². The van der Waals surface area contributed by atoms with Crippen LogP contribution in [-0.4, -0.2) is 29.9 Å². The van der Waals surface area contributed by atoms with E-state index in [1.807, 2.05) is 182 Å². The Hall–Kier alpha value is -10.6. The molecule has 0 amide bonds. The Morgan fingerprint density at radius 1 is 0.197 bits per heavy atom. The Labute approximate surface area is 432 Å². The zero-order valence-corrected chi connectivity index (χ0v) is 40.3. The average Bonchev–Trinajstić information content (AvgIpc) is 4.28. The summed E-state index contributed by atoms with van der Waals surface area (Å²) < 4.78 is 24.7. The summed E-state index contributed by atoms with van der Waals surface area (Å²) in [6.45, 7) is 0. The van der Waals surface area contributed by atoms with Gasteiger partial charge in [0.2, 0.25) is 0 Å². The van der Waals surface area contributed by atoms with Crippen molar-refractivity contribution in [1.29, 1.82) is 0 Å². The predicted octanol–water partition coefficient (Wildman–Crippen LogP) is 17.3. The first-order valence-electron chi connectivity index (χ1n) is 24.9. The highest BCUT2D eigenvalue weighted by molar-refractivity contribution is 6.11. The SMILES string of the molecule is c1ccc(-c2nc(-c3ccc4oc5ccccc5c4c3)nc(-c3ccc4oc5ccccc5c4c3)n2)cc1.c1ccc(-c2nc(-c3cccc4c3oc3ccccc34)nc(-c3cccc4c3oc3ccccc34)n2)cc1. The molecule has 10 aromatic carbocycles. The molecule has 10 nitrogen and oxygen atoms in total. The van der Waals surface area contributed by atoms with Gasteiger partial charge in [0.05, 0.1) is 11.1 Å². The van der Waals surface area contributed by atoms with Gasteiger partial charge in [0, 0.05) is 65.3 Å². The van der Waals surface area contributed by atoms with Gasteiger partial charge in [-0.2, -0.15) is 0 Å². The fourth-order valence-corrected chi connectivity index (χ4v) is 10.3. The van der Waals surface area contributed by atoms with Crippen molar-refractivity contribution in [2.24, 2.45) is 0 Å². The minimum absolute atomic E-state index is 0.548. The minimum Gasteiger partial charge on any atom is -0.456 e. The molecule has 10 heteroatoms. The molecule has 0 bridgehead atoms. The fourth-order valence-electron chi connectivity index (χ4n) is 10.3. The summed E-state index contributed by atoms with van der Waals surface area (Å²) in [5.41, 5.74) is 11.9. The van der Waals surface area contributed by atoms with Crippen molar-refractivity contribution >= 4 is 87.8 Å². The van der Waals surface area contributed by atoms with E-state index in [0.717, 1.165) is 121 Å². The third kappa shape index (κ3) is 7.34. The second-order valence-corrected chi connectivity index (χ2v) is 18.5. The van der Waals surface area contributed by atoms with Crippen LogP contribution in [0.15, 0.2) is 248 Å². The van der Waals surface area contributed by atoms with Gasteiger partial charge >= 0.3 is 0 Å². The van der Waals surface area contributed by atoms with E-state index in [1.54, 1.807) is 0 Å². The molecule has 0 aliphatic carbocycles. The molecule has 356 valence electrons. The van der Waals surface area contributed by atoms with Crippen LogP contribution < -0.4 is 0 Å². The van der Waals surface area contributed by atoms with Crippen LogP contribution in [0.3, 0.4) is 0 Å². The second-order valence-electron chi connectivity index (χ2n) is 18.5. The van der Waals surface area contributed by atoms with Gasteiger partial charge in [-0.3, -0.25) is 0 Å². The van der Waals surface area contributed by atoms with Gasteiger partial charge in [-0.25, -0.2) is 29.9 Å². The topological polar surface area (TPSA) is 130 Å². The number of rotatable bonds is 6. The van der Waals surface area contributed by atoms with Crippen LogP contribution in [0, 0.1) is 0 Å². The third-order valence-corrected chi connectivity index (χ3v) is 13.9. The normalized spacial score (nSPS) is 11.7. The van der Waals surface area contributed by atoms with E-state index in [1.165, 1.54) is 0 Å². The maximum absolute atomic E-state index is 6.32. The van der Waals surface area contributed by atoms with E-state index in [9.17, 15) is 0 Å². The van der Waals surface area contributed by atoms with Crippen molar-refractivity contribution in [1.82, 2.24) is 29.9 Å². The standard InChI is InChI=1S/2C33H19N3O2/c1-2-10-20(11-3-1)31-34-32(25-16-8-14-23-21-12-4-6-18-27(21)37-29(23)25)36-33(35-31)26-17-9-15-24-22-13-5-7-19-28(22)38-30(24)26;1-2-8-20(9-3-1)31-34-32(21-14-16-29-25(18-21)23-10-4-6-12-27(23)37-29)36-33(35-31)22-15-17-30-26(19-22)24-11-5-7-13-28(24)38-30/h2*1-19H. The van der Waals surface area contributed by atoms with Crippen molar-refractivity contribution in [3.05, 3.63) is 231 Å². The van der Waals surface area contributed by atoms with Crippen molar-refractivity contribution in [3.63, 3.8) is 0 Å². The summed E-state index contributed by atoms with van der Waals surface area (Å²) in [5.74, 6) is 3.53. The van der Waals surface area contributed by atoms with Gasteiger partial charge in [0.15, 0.2) is 34.9 Å². The van der Waals surface area contributed by atoms with Crippen molar-refractivity contribution in [2.45, 2.75) is 0 Å². The lowest BCUT2D eigenvalue weighted by molar-refractivity contribution is 0.668. The molecule has 16 rings (SSSR count). The summed E-state index contributed by atoms with van der Waals surface area (Å²) in [5, 5.41) is 8.39. The average molecular weight is 979 g/mol. The lowest BCUT2D eigenvalue weighted by Crippen LogP contribution is -2.00. The number of benzene rings is 10. The molecule has 6 heterocycles. The zero-order chi connectivity index (χ0) is 50.1. The molecular formula is C66H38N6O4. The van der Waals surface area contributed by atoms with Gasteiger partial charge in [-0.05, 0) is 72.8 Å². The number of hydrogen-bond donors (Lipinski definition) is 0. The predicted molar refractivity (Wildman–Crippen MR) is 301 cm³/mol. The number of nitrogens with zero attached hydrogens (tertiary/aromatic N) is 6. The van der Waals surface area contributed by atoms with E-state index < -0.39 is 0 Å². The molecule has 0 unspecified atom stereocenters. The maximum Gasteiger partial charge on any atom is 0.167 e. The Morgan fingerprint density at radius 2 is 0.500 bits per heavy atom. The van der Waals surface area contributed by atoms with Crippen molar-refractivity contribution in [2.75, 3.05) is 0 Å². The van der Waals surface area contributed by atoms with Crippen LogP contribution >= 0.6 is 0 Å². The molecule has 0 radical (unpaired) electrons. The Morgan fingerprint density at radius 3 is 0.921 bits per heavy atom. The Balaban J connectivity index is 0.000000133. The Kier molecular flexibility index (Phi) is 9.95. The molecule has 16 aromatic rings. The van der Waals surface area contributed by atoms with Crippen molar-refractivity contribution < 1.29 is 17.7 Å². The molecule has 0 N–H and O–H groups in total. The molecule has 0 saturated carbocycles. The molecule has 0 fully saturated rings. The van der Waals surface area contributed by atoms with Crippen LogP contribution in [0.1, 0.15) is 0 Å². The third-order valence-electron chi connectivity index (χ3n) is 13.9. The largest absolute Gasteiger partial charge is 0.456 e. The molecular weight excluding hydrogens is 941 g/mol. The quantitative estimate of drug-likeness (QED) is 0.159. The lowest BCUT2D eigenvalue weighted by atomic mass is 10.1. The summed E-state index contributed by atoms with van der Waals surface area (Å²) in [4.78, 5) is 29.6. The zero-order valence-electron chi connectivity index (χ0n) is 40.3. The molecule has 0 spiro atoms. The van der Waals surface area contributed by atoms with Gasteiger partial charge in [0.1, 0.15) is 44.7 Å². The highest BCUT2D eigenvalue weighted by Gasteiger charge is 2.21. The monoisotopic (exact) mass is 978 g/mol. The fraction of sp³-hybridized carbons (Fsp3) is 0. The van der Waals surface area contributed by atoms with Crippen molar-refractivity contribution in [3.8, 4) is 68.3 Å². The van der Waals surface area contributed by atoms with Gasteiger partial charge in [-0.1, -0.05) is 158 Å². The van der Waals surface area contributed by atoms with Crippen LogP contribution in [-0.2, 0) is 0 Å². The van der Waals surface area contributed by atoms with Crippen LogP contribution in [0.5, 0.6) is 0 Å². The first kappa shape index (κ1) is 43.0. The van der Waals surface area contributed by atoms with Crippen LogP contribution in [0.25, 0.3) is 156 Å². The number of furan rings is 4. The first-order valence-corrected chi connectivity index (χ1v) is 24.9. The number of aromatic nitrogens is 6. The van der Waals surface area contributed by atoms with Crippen LogP contribution in [0.2, 0.25) is 0 Å². The van der Waals surface area contributed by atoms with E-state index in [2.05, 4.69) is 48.5 Å².